The van der Waals surface area contributed by atoms with Crippen molar-refractivity contribution in [3.05, 3.63) is 0 Å². The van der Waals surface area contributed by atoms with Gasteiger partial charge in [0.15, 0.2) is 6.10 Å². The van der Waals surface area contributed by atoms with Crippen molar-refractivity contribution in [1.29, 1.82) is 0 Å². The Bertz CT molecular complexity index is 727. The average Bonchev–Trinajstić information content (AvgIpc) is 2.63. The Balaban J connectivity index is 1.99. The molecule has 1 heterocycles. The molecule has 4 fully saturated rings. The van der Waals surface area contributed by atoms with Crippen LogP contribution >= 0.6 is 0 Å². The first kappa shape index (κ1) is 21.4. The Morgan fingerprint density at radius 1 is 1.00 bits per heavy atom. The summed E-state index contributed by atoms with van der Waals surface area (Å²) >= 11 is 0. The lowest BCUT2D eigenvalue weighted by molar-refractivity contribution is -0.378. The Kier molecular flexibility index (Phi) is 4.36. The highest BCUT2D eigenvalue weighted by molar-refractivity contribution is 5.78. The lowest BCUT2D eigenvalue weighted by Crippen LogP contribution is -2.84. The van der Waals surface area contributed by atoms with Crippen LogP contribution in [0, 0.1) is 28.6 Å². The molecule has 29 heavy (non-hydrogen) atoms. The fraction of sp³-hybridized carbons (Fsp3) is 0.950. The van der Waals surface area contributed by atoms with Crippen LogP contribution in [0.5, 0.6) is 0 Å². The monoisotopic (exact) mass is 416 g/mol. The van der Waals surface area contributed by atoms with Crippen LogP contribution in [0.4, 0.5) is 0 Å². The molecule has 0 bridgehead atoms. The summed E-state index contributed by atoms with van der Waals surface area (Å²) in [6.45, 7) is 6.16. The number of carbonyl (C=O) groups is 1. The predicted molar refractivity (Wildman–Crippen MR) is 97.1 cm³/mol. The lowest BCUT2D eigenvalue weighted by atomic mass is 9.35. The van der Waals surface area contributed by atoms with E-state index >= 15 is 0 Å². The fourth-order valence-corrected chi connectivity index (χ4v) is 7.75. The molecule has 1 aliphatic heterocycles. The zero-order valence-corrected chi connectivity index (χ0v) is 17.1. The average molecular weight is 416 g/mol. The van der Waals surface area contributed by atoms with E-state index in [2.05, 4.69) is 0 Å². The zero-order valence-electron chi connectivity index (χ0n) is 17.1. The molecule has 4 rings (SSSR count). The Morgan fingerprint density at radius 3 is 2.17 bits per heavy atom. The quantitative estimate of drug-likeness (QED) is 0.219. The topological polar surface area (TPSA) is 168 Å². The van der Waals surface area contributed by atoms with Gasteiger partial charge in [-0.1, -0.05) is 20.8 Å². The third-order valence-electron chi connectivity index (χ3n) is 9.22. The Hall–Kier alpha value is -0.810. The van der Waals surface area contributed by atoms with Crippen LogP contribution in [0.3, 0.4) is 0 Å². The number of fused-ring (bicyclic) bond motifs is 2. The molecule has 166 valence electrons. The van der Waals surface area contributed by atoms with Gasteiger partial charge in [0.2, 0.25) is 0 Å². The molecule has 0 unspecified atom stereocenters. The molecule has 3 aliphatic carbocycles. The van der Waals surface area contributed by atoms with Gasteiger partial charge in [-0.25, -0.2) is 4.79 Å². The van der Waals surface area contributed by atoms with Crippen molar-refractivity contribution in [2.75, 3.05) is 0 Å². The van der Waals surface area contributed by atoms with E-state index in [1.165, 1.54) is 13.8 Å². The molecule has 0 aromatic carbocycles. The van der Waals surface area contributed by atoms with Gasteiger partial charge in [0.05, 0.1) is 30.0 Å². The van der Waals surface area contributed by atoms with Crippen molar-refractivity contribution in [2.45, 2.75) is 88.4 Å². The van der Waals surface area contributed by atoms with Crippen LogP contribution in [0.15, 0.2) is 0 Å². The minimum atomic E-state index is -2.14. The van der Waals surface area contributed by atoms with E-state index in [0.29, 0.717) is 0 Å². The molecule has 9 nitrogen and oxygen atoms in total. The molecule has 0 aromatic rings. The molecule has 3 saturated carbocycles. The van der Waals surface area contributed by atoms with Crippen molar-refractivity contribution in [3.8, 4) is 0 Å². The van der Waals surface area contributed by atoms with E-state index in [1.807, 2.05) is 0 Å². The number of esters is 1. The maximum atomic E-state index is 12.4. The van der Waals surface area contributed by atoms with Crippen molar-refractivity contribution < 1.29 is 45.3 Å². The van der Waals surface area contributed by atoms with Crippen LogP contribution < -0.4 is 0 Å². The summed E-state index contributed by atoms with van der Waals surface area (Å²) < 4.78 is 5.49. The number of carbonyl (C=O) groups excluding carboxylic acids is 1. The number of rotatable bonds is 0. The molecule has 0 amide bonds. The van der Waals surface area contributed by atoms with Gasteiger partial charge in [0.25, 0.3) is 0 Å². The molecule has 1 saturated heterocycles. The fourth-order valence-electron chi connectivity index (χ4n) is 7.75. The summed E-state index contributed by atoms with van der Waals surface area (Å²) in [5.41, 5.74) is -6.39. The summed E-state index contributed by atoms with van der Waals surface area (Å²) in [7, 11) is 0. The number of hydrogen-bond acceptors (Lipinski definition) is 9. The lowest BCUT2D eigenvalue weighted by Gasteiger charge is -2.73. The summed E-state index contributed by atoms with van der Waals surface area (Å²) in [4.78, 5) is 12.4. The maximum Gasteiger partial charge on any atom is 0.338 e. The molecule has 0 spiro atoms. The highest BCUT2D eigenvalue weighted by atomic mass is 16.6. The van der Waals surface area contributed by atoms with Gasteiger partial charge < -0.3 is 40.5 Å². The smallest absolute Gasteiger partial charge is 0.338 e. The van der Waals surface area contributed by atoms with Crippen LogP contribution in [0.1, 0.15) is 40.5 Å². The first-order chi connectivity index (χ1) is 13.2. The van der Waals surface area contributed by atoms with Gasteiger partial charge in [0.1, 0.15) is 11.7 Å². The molecular formula is C20H32O9. The Morgan fingerprint density at radius 2 is 1.59 bits per heavy atom. The van der Waals surface area contributed by atoms with Gasteiger partial charge >= 0.3 is 5.97 Å². The summed E-state index contributed by atoms with van der Waals surface area (Å²) in [6.07, 6.45) is -8.59. The van der Waals surface area contributed by atoms with Crippen molar-refractivity contribution in [3.63, 3.8) is 0 Å². The van der Waals surface area contributed by atoms with Gasteiger partial charge in [0, 0.05) is 29.1 Å². The first-order valence-electron chi connectivity index (χ1n) is 10.2. The third kappa shape index (κ3) is 2.17. The minimum absolute atomic E-state index is 0.0661. The number of ether oxygens (including phenoxy) is 1. The molecule has 0 radical (unpaired) electrons. The van der Waals surface area contributed by atoms with E-state index < -0.39 is 82.4 Å². The molecular weight excluding hydrogens is 384 g/mol. The van der Waals surface area contributed by atoms with Gasteiger partial charge in [-0.05, 0) is 19.3 Å². The van der Waals surface area contributed by atoms with Crippen LogP contribution in [0.25, 0.3) is 0 Å². The van der Waals surface area contributed by atoms with Crippen LogP contribution in [-0.4, -0.2) is 89.5 Å². The second-order valence-electron chi connectivity index (χ2n) is 10.4. The van der Waals surface area contributed by atoms with E-state index in [0.717, 1.165) is 0 Å². The maximum absolute atomic E-state index is 12.4. The molecule has 7 N–H and O–H groups in total. The first-order valence-corrected chi connectivity index (χ1v) is 10.2. The summed E-state index contributed by atoms with van der Waals surface area (Å²) in [5.74, 6) is -3.90. The molecule has 13 atom stereocenters. The van der Waals surface area contributed by atoms with Gasteiger partial charge in [-0.3, -0.25) is 0 Å². The van der Waals surface area contributed by atoms with E-state index in [-0.39, 0.29) is 12.8 Å². The number of aliphatic hydroxyl groups excluding tert-OH is 5. The molecule has 0 aromatic heterocycles. The third-order valence-corrected chi connectivity index (χ3v) is 9.22. The SMILES string of the molecule is C[C@H]1[C@@H](O)[C@@H](O)[C@H]2[C@@]3(C)[C@H](O)[C@@H](O)C[C@@](C)(O)[C@@H]3C[C@H]3OC(=O)[C@H](O)[C@]1(O)[C@]32C. The van der Waals surface area contributed by atoms with Crippen LogP contribution in [-0.2, 0) is 9.53 Å². The number of hydrogen-bond donors (Lipinski definition) is 7. The Labute approximate surface area is 168 Å². The summed E-state index contributed by atoms with van der Waals surface area (Å²) in [5, 5.41) is 77.0. The second kappa shape index (κ2) is 5.91. The van der Waals surface area contributed by atoms with Gasteiger partial charge in [-0.15, -0.1) is 0 Å². The van der Waals surface area contributed by atoms with Crippen molar-refractivity contribution in [2.24, 2.45) is 28.6 Å². The highest BCUT2D eigenvalue weighted by Crippen LogP contribution is 2.70. The highest BCUT2D eigenvalue weighted by Gasteiger charge is 2.80. The number of aliphatic hydroxyl groups is 7. The van der Waals surface area contributed by atoms with E-state index in [9.17, 15) is 40.5 Å². The van der Waals surface area contributed by atoms with E-state index in [4.69, 9.17) is 4.74 Å². The molecule has 4 aliphatic rings. The van der Waals surface area contributed by atoms with Crippen LogP contribution in [0.2, 0.25) is 0 Å². The summed E-state index contributed by atoms with van der Waals surface area (Å²) in [6, 6.07) is 0. The molecule has 9 heteroatoms. The normalized spacial score (nSPS) is 64.7. The van der Waals surface area contributed by atoms with Gasteiger partial charge in [-0.2, -0.15) is 0 Å². The standard InChI is InChI=1S/C20H32O9/c1-7-11(22)12(23)13-18(3)9(17(2,27)6-8(21)14(18)24)5-10-19(13,4)20(7,28)15(25)16(26)29-10/h7-15,21-25,27-28H,5-6H2,1-4H3/t7-,8-,9-,10+,11+,12+,13-,14+,15-,17+,18-,19+,20-/m0/s1. The minimum Gasteiger partial charge on any atom is -0.460 e. The van der Waals surface area contributed by atoms with Crippen molar-refractivity contribution in [1.82, 2.24) is 0 Å². The van der Waals surface area contributed by atoms with Crippen molar-refractivity contribution >= 4 is 5.97 Å². The van der Waals surface area contributed by atoms with E-state index in [1.54, 1.807) is 13.8 Å². The largest absolute Gasteiger partial charge is 0.460 e. The zero-order chi connectivity index (χ0) is 21.9. The predicted octanol–water partition coefficient (Wildman–Crippen LogP) is -2.10. The second-order valence-corrected chi connectivity index (χ2v) is 10.4.